The number of rotatable bonds is 6. The first-order valence-corrected chi connectivity index (χ1v) is 5.81. The van der Waals surface area contributed by atoms with Crippen LogP contribution >= 0.6 is 0 Å². The molecule has 0 saturated heterocycles. The summed E-state index contributed by atoms with van der Waals surface area (Å²) >= 11 is 0. The van der Waals surface area contributed by atoms with Gasteiger partial charge < -0.3 is 15.8 Å². The van der Waals surface area contributed by atoms with Crippen LogP contribution < -0.4 is 15.8 Å². The molecule has 0 heterocycles. The van der Waals surface area contributed by atoms with Gasteiger partial charge in [-0.1, -0.05) is 19.1 Å². The fourth-order valence-electron chi connectivity index (χ4n) is 1.62. The van der Waals surface area contributed by atoms with Gasteiger partial charge in [-0.2, -0.15) is 0 Å². The van der Waals surface area contributed by atoms with Crippen molar-refractivity contribution in [3.63, 3.8) is 0 Å². The van der Waals surface area contributed by atoms with Gasteiger partial charge in [-0.05, 0) is 31.0 Å². The van der Waals surface area contributed by atoms with Gasteiger partial charge in [0.25, 0.3) is 0 Å². The van der Waals surface area contributed by atoms with Crippen molar-refractivity contribution in [1.29, 1.82) is 0 Å². The first-order chi connectivity index (χ1) is 7.71. The average molecular weight is 222 g/mol. The summed E-state index contributed by atoms with van der Waals surface area (Å²) in [6.45, 7) is 4.93. The Morgan fingerprint density at radius 1 is 1.44 bits per heavy atom. The van der Waals surface area contributed by atoms with Crippen LogP contribution in [-0.2, 0) is 0 Å². The van der Waals surface area contributed by atoms with Gasteiger partial charge in [-0.3, -0.25) is 0 Å². The molecule has 0 aliphatic carbocycles. The van der Waals surface area contributed by atoms with E-state index < -0.39 is 0 Å². The van der Waals surface area contributed by atoms with Gasteiger partial charge in [0.05, 0.1) is 7.11 Å². The molecular weight excluding hydrogens is 200 g/mol. The Bertz CT molecular complexity index is 315. The largest absolute Gasteiger partial charge is 0.497 e. The minimum atomic E-state index is 0.199. The summed E-state index contributed by atoms with van der Waals surface area (Å²) in [4.78, 5) is 0. The number of hydrogen-bond donors (Lipinski definition) is 2. The first kappa shape index (κ1) is 13.0. The Labute approximate surface area is 98.0 Å². The van der Waals surface area contributed by atoms with Crippen LogP contribution in [0.5, 0.6) is 5.75 Å². The van der Waals surface area contributed by atoms with Crippen LogP contribution in [-0.4, -0.2) is 19.7 Å². The minimum absolute atomic E-state index is 0.199. The lowest BCUT2D eigenvalue weighted by atomic mass is 10.1. The zero-order chi connectivity index (χ0) is 12.0. The second kappa shape index (κ2) is 6.51. The topological polar surface area (TPSA) is 47.3 Å². The number of nitrogens with one attached hydrogen (secondary N) is 1. The molecule has 1 rings (SSSR count). The highest BCUT2D eigenvalue weighted by Crippen LogP contribution is 2.19. The molecule has 0 aromatic heterocycles. The summed E-state index contributed by atoms with van der Waals surface area (Å²) in [6, 6.07) is 8.72. The Balaban J connectivity index is 2.77. The molecule has 0 amide bonds. The molecule has 0 fully saturated rings. The molecule has 0 bridgehead atoms. The van der Waals surface area contributed by atoms with Gasteiger partial charge in [-0.15, -0.1) is 0 Å². The number of ether oxygens (including phenoxy) is 1. The van der Waals surface area contributed by atoms with Crippen molar-refractivity contribution >= 4 is 0 Å². The van der Waals surface area contributed by atoms with Crippen LogP contribution in [0.4, 0.5) is 0 Å². The lowest BCUT2D eigenvalue weighted by Crippen LogP contribution is -2.34. The van der Waals surface area contributed by atoms with Gasteiger partial charge in [0.1, 0.15) is 5.75 Å². The van der Waals surface area contributed by atoms with Gasteiger partial charge in [-0.25, -0.2) is 0 Å². The van der Waals surface area contributed by atoms with Crippen LogP contribution in [0.1, 0.15) is 31.9 Å². The molecule has 0 aliphatic rings. The fourth-order valence-corrected chi connectivity index (χ4v) is 1.62. The maximum absolute atomic E-state index is 5.80. The Kier molecular flexibility index (Phi) is 5.29. The van der Waals surface area contributed by atoms with Crippen molar-refractivity contribution in [2.24, 2.45) is 5.73 Å². The molecule has 16 heavy (non-hydrogen) atoms. The maximum atomic E-state index is 5.80. The molecule has 2 atom stereocenters. The standard InChI is InChI=1S/C13H22N2O/c1-4-10(2)15-13(9-14)11-6-5-7-12(8-11)16-3/h5-8,10,13,15H,4,9,14H2,1-3H3. The van der Waals surface area contributed by atoms with E-state index in [1.807, 2.05) is 18.2 Å². The van der Waals surface area contributed by atoms with E-state index in [0.29, 0.717) is 12.6 Å². The molecule has 90 valence electrons. The van der Waals surface area contributed by atoms with Crippen molar-refractivity contribution < 1.29 is 4.74 Å². The van der Waals surface area contributed by atoms with Gasteiger partial charge in [0.15, 0.2) is 0 Å². The van der Waals surface area contributed by atoms with E-state index in [-0.39, 0.29) is 6.04 Å². The zero-order valence-corrected chi connectivity index (χ0v) is 10.4. The van der Waals surface area contributed by atoms with Crippen LogP contribution in [0.3, 0.4) is 0 Å². The van der Waals surface area contributed by atoms with E-state index in [1.54, 1.807) is 7.11 Å². The molecule has 1 aromatic rings. The Morgan fingerprint density at radius 3 is 2.75 bits per heavy atom. The lowest BCUT2D eigenvalue weighted by molar-refractivity contribution is 0.410. The van der Waals surface area contributed by atoms with E-state index in [9.17, 15) is 0 Å². The number of hydrogen-bond acceptors (Lipinski definition) is 3. The van der Waals surface area contributed by atoms with Crippen molar-refractivity contribution in [2.75, 3.05) is 13.7 Å². The summed E-state index contributed by atoms with van der Waals surface area (Å²) < 4.78 is 5.21. The third kappa shape index (κ3) is 3.51. The maximum Gasteiger partial charge on any atom is 0.119 e. The van der Waals surface area contributed by atoms with Crippen LogP contribution in [0.25, 0.3) is 0 Å². The van der Waals surface area contributed by atoms with Crippen LogP contribution in [0, 0.1) is 0 Å². The average Bonchev–Trinajstić information content (AvgIpc) is 2.35. The molecular formula is C13H22N2O. The fraction of sp³-hybridized carbons (Fsp3) is 0.538. The zero-order valence-electron chi connectivity index (χ0n) is 10.4. The second-order valence-electron chi connectivity index (χ2n) is 4.04. The predicted molar refractivity (Wildman–Crippen MR) is 67.7 cm³/mol. The normalized spacial score (nSPS) is 14.5. The molecule has 0 spiro atoms. The first-order valence-electron chi connectivity index (χ1n) is 5.81. The molecule has 3 heteroatoms. The number of nitrogens with two attached hydrogens (primary N) is 1. The Morgan fingerprint density at radius 2 is 2.19 bits per heavy atom. The van der Waals surface area contributed by atoms with E-state index in [2.05, 4.69) is 25.2 Å². The van der Waals surface area contributed by atoms with Crippen molar-refractivity contribution in [3.8, 4) is 5.75 Å². The van der Waals surface area contributed by atoms with E-state index in [1.165, 1.54) is 5.56 Å². The van der Waals surface area contributed by atoms with Crippen molar-refractivity contribution in [1.82, 2.24) is 5.32 Å². The van der Waals surface area contributed by atoms with E-state index >= 15 is 0 Å². The predicted octanol–water partition coefficient (Wildman–Crippen LogP) is 2.08. The van der Waals surface area contributed by atoms with E-state index in [4.69, 9.17) is 10.5 Å². The summed E-state index contributed by atoms with van der Waals surface area (Å²) in [5.74, 6) is 0.877. The van der Waals surface area contributed by atoms with Gasteiger partial charge in [0.2, 0.25) is 0 Å². The molecule has 0 aliphatic heterocycles. The Hall–Kier alpha value is -1.06. The summed E-state index contributed by atoms with van der Waals surface area (Å²) in [7, 11) is 1.68. The van der Waals surface area contributed by atoms with Crippen molar-refractivity contribution in [3.05, 3.63) is 29.8 Å². The van der Waals surface area contributed by atoms with Crippen LogP contribution in [0.2, 0.25) is 0 Å². The molecule has 0 saturated carbocycles. The molecule has 2 unspecified atom stereocenters. The van der Waals surface area contributed by atoms with Gasteiger partial charge in [0, 0.05) is 18.6 Å². The van der Waals surface area contributed by atoms with Crippen molar-refractivity contribution in [2.45, 2.75) is 32.4 Å². The third-order valence-corrected chi connectivity index (χ3v) is 2.83. The summed E-state index contributed by atoms with van der Waals surface area (Å²) in [5.41, 5.74) is 6.98. The molecule has 0 radical (unpaired) electrons. The number of methoxy groups -OCH3 is 1. The minimum Gasteiger partial charge on any atom is -0.497 e. The van der Waals surface area contributed by atoms with E-state index in [0.717, 1.165) is 12.2 Å². The quantitative estimate of drug-likeness (QED) is 0.774. The highest BCUT2D eigenvalue weighted by molar-refractivity contribution is 5.30. The summed E-state index contributed by atoms with van der Waals surface area (Å²) in [6.07, 6.45) is 1.10. The second-order valence-corrected chi connectivity index (χ2v) is 4.04. The SMILES string of the molecule is CCC(C)NC(CN)c1cccc(OC)c1. The monoisotopic (exact) mass is 222 g/mol. The highest BCUT2D eigenvalue weighted by atomic mass is 16.5. The van der Waals surface area contributed by atoms with Crippen LogP contribution in [0.15, 0.2) is 24.3 Å². The molecule has 3 N–H and O–H groups in total. The smallest absolute Gasteiger partial charge is 0.119 e. The lowest BCUT2D eigenvalue weighted by Gasteiger charge is -2.22. The van der Waals surface area contributed by atoms with Gasteiger partial charge >= 0.3 is 0 Å². The third-order valence-electron chi connectivity index (χ3n) is 2.83. The molecule has 1 aromatic carbocycles. The highest BCUT2D eigenvalue weighted by Gasteiger charge is 2.12. The number of benzene rings is 1. The summed E-state index contributed by atoms with van der Waals surface area (Å²) in [5, 5.41) is 3.50. The molecule has 3 nitrogen and oxygen atoms in total.